The normalized spacial score (nSPS) is 13.6. The van der Waals surface area contributed by atoms with Crippen LogP contribution in [0.2, 0.25) is 0 Å². The predicted octanol–water partition coefficient (Wildman–Crippen LogP) is 3.80. The van der Waals surface area contributed by atoms with Crippen LogP contribution in [-0.4, -0.2) is 29.6 Å². The van der Waals surface area contributed by atoms with Crippen molar-refractivity contribution in [1.82, 2.24) is 0 Å². The molecule has 0 bridgehead atoms. The highest BCUT2D eigenvalue weighted by Gasteiger charge is 2.18. The summed E-state index contributed by atoms with van der Waals surface area (Å²) >= 11 is 1.50. The fourth-order valence-electron chi connectivity index (χ4n) is 2.55. The Bertz CT molecular complexity index is 719. The number of aliphatic hydroxyl groups is 1. The number of carbonyl (C=O) groups excluding carboxylic acids is 1. The van der Waals surface area contributed by atoms with Gasteiger partial charge in [0.05, 0.1) is 30.2 Å². The molecule has 2 aromatic rings. The number of aryl methyl sites for hydroxylation is 3. The Balaban J connectivity index is 1.82. The summed E-state index contributed by atoms with van der Waals surface area (Å²) in [4.78, 5) is 14.3. The standard InChI is InChI=1S/C21H29NO3S/c1-15-7-9-17(10-8-15)5-4-6-18(24)19-11-16(2)20(26-19)12-25-14-21(3,22)13-23/h7-11,23H,4-6,12-14,22H2,1-3H3. The Morgan fingerprint density at radius 2 is 1.96 bits per heavy atom. The van der Waals surface area contributed by atoms with Gasteiger partial charge in [-0.15, -0.1) is 11.3 Å². The maximum Gasteiger partial charge on any atom is 0.172 e. The van der Waals surface area contributed by atoms with Crippen LogP contribution in [0.5, 0.6) is 0 Å². The third kappa shape index (κ3) is 6.32. The molecule has 26 heavy (non-hydrogen) atoms. The number of aliphatic hydroxyl groups excluding tert-OH is 1. The van der Waals surface area contributed by atoms with E-state index < -0.39 is 5.54 Å². The molecular weight excluding hydrogens is 346 g/mol. The lowest BCUT2D eigenvalue weighted by molar-refractivity contribution is 0.0546. The Hall–Kier alpha value is -1.53. The first-order chi connectivity index (χ1) is 12.3. The van der Waals surface area contributed by atoms with Crippen LogP contribution in [0.3, 0.4) is 0 Å². The molecule has 142 valence electrons. The monoisotopic (exact) mass is 375 g/mol. The molecule has 4 nitrogen and oxygen atoms in total. The highest BCUT2D eigenvalue weighted by Crippen LogP contribution is 2.25. The van der Waals surface area contributed by atoms with Gasteiger partial charge in [0.1, 0.15) is 0 Å². The first kappa shape index (κ1) is 20.8. The molecule has 1 atom stereocenters. The molecule has 3 N–H and O–H groups in total. The van der Waals surface area contributed by atoms with Gasteiger partial charge in [0.25, 0.3) is 0 Å². The van der Waals surface area contributed by atoms with Crippen LogP contribution in [-0.2, 0) is 17.8 Å². The van der Waals surface area contributed by atoms with Crippen molar-refractivity contribution in [3.63, 3.8) is 0 Å². The van der Waals surface area contributed by atoms with Crippen molar-refractivity contribution in [2.45, 2.75) is 52.2 Å². The van der Waals surface area contributed by atoms with E-state index in [-0.39, 0.29) is 19.0 Å². The molecule has 0 aliphatic heterocycles. The Labute approximate surface area is 160 Å². The molecule has 2 rings (SSSR count). The van der Waals surface area contributed by atoms with Gasteiger partial charge in [0, 0.05) is 11.3 Å². The van der Waals surface area contributed by atoms with Crippen LogP contribution in [0.25, 0.3) is 0 Å². The predicted molar refractivity (Wildman–Crippen MR) is 107 cm³/mol. The minimum atomic E-state index is -0.736. The molecule has 1 unspecified atom stereocenters. The number of thiophene rings is 1. The van der Waals surface area contributed by atoms with Gasteiger partial charge in [-0.3, -0.25) is 4.79 Å². The Kier molecular flexibility index (Phi) is 7.53. The summed E-state index contributed by atoms with van der Waals surface area (Å²) < 4.78 is 5.61. The molecule has 0 saturated heterocycles. The summed E-state index contributed by atoms with van der Waals surface area (Å²) in [7, 11) is 0. The molecule has 0 radical (unpaired) electrons. The van der Waals surface area contributed by atoms with E-state index >= 15 is 0 Å². The van der Waals surface area contributed by atoms with Crippen LogP contribution in [0.4, 0.5) is 0 Å². The average molecular weight is 376 g/mol. The van der Waals surface area contributed by atoms with E-state index in [1.54, 1.807) is 6.92 Å². The Morgan fingerprint density at radius 1 is 1.27 bits per heavy atom. The average Bonchev–Trinajstić information content (AvgIpc) is 2.97. The van der Waals surface area contributed by atoms with E-state index in [1.165, 1.54) is 22.5 Å². The fourth-order valence-corrected chi connectivity index (χ4v) is 3.63. The van der Waals surface area contributed by atoms with Crippen molar-refractivity contribution in [2.24, 2.45) is 5.73 Å². The van der Waals surface area contributed by atoms with Crippen LogP contribution in [0, 0.1) is 13.8 Å². The highest BCUT2D eigenvalue weighted by molar-refractivity contribution is 7.14. The zero-order chi connectivity index (χ0) is 19.2. The molecular formula is C21H29NO3S. The zero-order valence-electron chi connectivity index (χ0n) is 15.9. The van der Waals surface area contributed by atoms with Gasteiger partial charge >= 0.3 is 0 Å². The number of hydrogen-bond acceptors (Lipinski definition) is 5. The van der Waals surface area contributed by atoms with E-state index in [0.29, 0.717) is 13.0 Å². The highest BCUT2D eigenvalue weighted by atomic mass is 32.1. The first-order valence-electron chi connectivity index (χ1n) is 8.96. The van der Waals surface area contributed by atoms with Crippen LogP contribution in [0.1, 0.15) is 51.0 Å². The van der Waals surface area contributed by atoms with Gasteiger partial charge in [-0.05, 0) is 50.8 Å². The lowest BCUT2D eigenvalue weighted by Gasteiger charge is -2.21. The minimum absolute atomic E-state index is 0.124. The van der Waals surface area contributed by atoms with Gasteiger partial charge in [0.15, 0.2) is 5.78 Å². The summed E-state index contributed by atoms with van der Waals surface area (Å²) in [6.45, 7) is 6.39. The summed E-state index contributed by atoms with van der Waals surface area (Å²) in [5, 5.41) is 9.15. The van der Waals surface area contributed by atoms with E-state index in [9.17, 15) is 4.79 Å². The van der Waals surface area contributed by atoms with Gasteiger partial charge in [-0.25, -0.2) is 0 Å². The third-order valence-electron chi connectivity index (χ3n) is 4.31. The van der Waals surface area contributed by atoms with Crippen LogP contribution < -0.4 is 5.73 Å². The third-order valence-corrected chi connectivity index (χ3v) is 5.56. The van der Waals surface area contributed by atoms with E-state index in [1.807, 2.05) is 13.0 Å². The maximum absolute atomic E-state index is 12.5. The fraction of sp³-hybridized carbons (Fsp3) is 0.476. The number of carbonyl (C=O) groups is 1. The van der Waals surface area contributed by atoms with Crippen LogP contribution in [0.15, 0.2) is 30.3 Å². The minimum Gasteiger partial charge on any atom is -0.394 e. The summed E-state index contributed by atoms with van der Waals surface area (Å²) in [6.07, 6.45) is 2.33. The van der Waals surface area contributed by atoms with Crippen molar-refractivity contribution >= 4 is 17.1 Å². The van der Waals surface area contributed by atoms with Crippen molar-refractivity contribution < 1.29 is 14.6 Å². The maximum atomic E-state index is 12.5. The van der Waals surface area contributed by atoms with Gasteiger partial charge in [-0.1, -0.05) is 29.8 Å². The summed E-state index contributed by atoms with van der Waals surface area (Å²) in [5.41, 5.74) is 8.71. The molecule has 0 aliphatic carbocycles. The van der Waals surface area contributed by atoms with Crippen molar-refractivity contribution in [3.8, 4) is 0 Å². The molecule has 0 saturated carbocycles. The summed E-state index contributed by atoms with van der Waals surface area (Å²) in [6, 6.07) is 10.4. The van der Waals surface area contributed by atoms with Gasteiger partial charge in [-0.2, -0.15) is 0 Å². The molecule has 5 heteroatoms. The number of rotatable bonds is 10. The van der Waals surface area contributed by atoms with Crippen molar-refractivity contribution in [2.75, 3.05) is 13.2 Å². The molecule has 0 spiro atoms. The zero-order valence-corrected chi connectivity index (χ0v) is 16.7. The second-order valence-corrected chi connectivity index (χ2v) is 8.42. The van der Waals surface area contributed by atoms with Crippen LogP contribution >= 0.6 is 11.3 Å². The lowest BCUT2D eigenvalue weighted by Crippen LogP contribution is -2.44. The van der Waals surface area contributed by atoms with E-state index in [2.05, 4.69) is 31.2 Å². The number of Topliss-reactive ketones (excluding diaryl/α,β-unsaturated/α-hetero) is 1. The number of hydrogen-bond donors (Lipinski definition) is 2. The van der Waals surface area contributed by atoms with E-state index in [0.717, 1.165) is 28.2 Å². The number of benzene rings is 1. The topological polar surface area (TPSA) is 72.5 Å². The molecule has 0 aliphatic rings. The van der Waals surface area contributed by atoms with Gasteiger partial charge < -0.3 is 15.6 Å². The quantitative estimate of drug-likeness (QED) is 0.620. The van der Waals surface area contributed by atoms with Crippen molar-refractivity contribution in [3.05, 3.63) is 56.8 Å². The second-order valence-electron chi connectivity index (χ2n) is 7.28. The van der Waals surface area contributed by atoms with E-state index in [4.69, 9.17) is 15.6 Å². The molecule has 1 aromatic heterocycles. The molecule has 1 aromatic carbocycles. The Morgan fingerprint density at radius 3 is 2.62 bits per heavy atom. The lowest BCUT2D eigenvalue weighted by atomic mass is 10.0. The van der Waals surface area contributed by atoms with Gasteiger partial charge in [0.2, 0.25) is 0 Å². The largest absolute Gasteiger partial charge is 0.394 e. The molecule has 1 heterocycles. The number of ketones is 1. The first-order valence-corrected chi connectivity index (χ1v) is 9.78. The smallest absolute Gasteiger partial charge is 0.172 e. The van der Waals surface area contributed by atoms with Crippen molar-refractivity contribution in [1.29, 1.82) is 0 Å². The number of nitrogens with two attached hydrogens (primary N) is 1. The second kappa shape index (κ2) is 9.42. The number of ether oxygens (including phenoxy) is 1. The molecule has 0 amide bonds. The summed E-state index contributed by atoms with van der Waals surface area (Å²) in [5.74, 6) is 0.190. The SMILES string of the molecule is Cc1ccc(CCCC(=O)c2cc(C)c(COCC(C)(N)CO)s2)cc1. The molecule has 0 fully saturated rings.